The standard InChI is InChI=1S/C16H29N3O3/c1-2-14(19-9-3-5-15(19)20)16(21)18-10-6-13(7-11-18)22-12-4-8-17/h13-14H,2-12,17H2,1H3. The predicted molar refractivity (Wildman–Crippen MR) is 84.3 cm³/mol. The van der Waals surface area contributed by atoms with Gasteiger partial charge in [-0.2, -0.15) is 0 Å². The number of nitrogens with zero attached hydrogens (tertiary/aromatic N) is 2. The smallest absolute Gasteiger partial charge is 0.245 e. The summed E-state index contributed by atoms with van der Waals surface area (Å²) in [6, 6.07) is -0.273. The lowest BCUT2D eigenvalue weighted by atomic mass is 10.1. The molecule has 2 fully saturated rings. The molecular formula is C16H29N3O3. The molecule has 2 heterocycles. The van der Waals surface area contributed by atoms with Gasteiger partial charge in [-0.25, -0.2) is 0 Å². The Labute approximate surface area is 132 Å². The fourth-order valence-electron chi connectivity index (χ4n) is 3.31. The van der Waals surface area contributed by atoms with Crippen molar-refractivity contribution in [1.82, 2.24) is 9.80 Å². The summed E-state index contributed by atoms with van der Waals surface area (Å²) in [6.45, 7) is 5.52. The van der Waals surface area contributed by atoms with Gasteiger partial charge < -0.3 is 20.3 Å². The van der Waals surface area contributed by atoms with Crippen LogP contribution in [0.1, 0.15) is 45.4 Å². The molecule has 2 aliphatic heterocycles. The second kappa shape index (κ2) is 8.48. The van der Waals surface area contributed by atoms with Gasteiger partial charge in [-0.1, -0.05) is 6.92 Å². The van der Waals surface area contributed by atoms with E-state index >= 15 is 0 Å². The summed E-state index contributed by atoms with van der Waals surface area (Å²) in [7, 11) is 0. The average molecular weight is 311 g/mol. The van der Waals surface area contributed by atoms with Crippen molar-refractivity contribution in [3.05, 3.63) is 0 Å². The minimum Gasteiger partial charge on any atom is -0.378 e. The Morgan fingerprint density at radius 3 is 2.64 bits per heavy atom. The van der Waals surface area contributed by atoms with Crippen molar-refractivity contribution >= 4 is 11.8 Å². The second-order valence-corrected chi connectivity index (χ2v) is 6.15. The maximum atomic E-state index is 12.7. The molecule has 126 valence electrons. The highest BCUT2D eigenvalue weighted by Crippen LogP contribution is 2.20. The van der Waals surface area contributed by atoms with Gasteiger partial charge in [0.2, 0.25) is 11.8 Å². The molecule has 0 aromatic carbocycles. The molecule has 0 saturated carbocycles. The van der Waals surface area contributed by atoms with Gasteiger partial charge in [0.15, 0.2) is 0 Å². The van der Waals surface area contributed by atoms with Crippen LogP contribution in [0.2, 0.25) is 0 Å². The molecule has 2 aliphatic rings. The van der Waals surface area contributed by atoms with E-state index in [0.717, 1.165) is 45.3 Å². The minimum atomic E-state index is -0.273. The summed E-state index contributed by atoms with van der Waals surface area (Å²) < 4.78 is 5.77. The van der Waals surface area contributed by atoms with Gasteiger partial charge in [-0.05, 0) is 38.6 Å². The minimum absolute atomic E-state index is 0.109. The normalized spacial score (nSPS) is 21.5. The summed E-state index contributed by atoms with van der Waals surface area (Å²) in [5.41, 5.74) is 5.46. The first-order valence-electron chi connectivity index (χ1n) is 8.57. The molecule has 22 heavy (non-hydrogen) atoms. The molecule has 0 aliphatic carbocycles. The van der Waals surface area contributed by atoms with Crippen LogP contribution in [0, 0.1) is 0 Å². The number of hydrogen-bond acceptors (Lipinski definition) is 4. The van der Waals surface area contributed by atoms with Gasteiger partial charge in [0, 0.05) is 32.7 Å². The summed E-state index contributed by atoms with van der Waals surface area (Å²) in [5, 5.41) is 0. The molecule has 0 aromatic rings. The number of piperidine rings is 1. The van der Waals surface area contributed by atoms with E-state index in [4.69, 9.17) is 10.5 Å². The Bertz CT molecular complexity index is 381. The largest absolute Gasteiger partial charge is 0.378 e. The van der Waals surface area contributed by atoms with Gasteiger partial charge >= 0.3 is 0 Å². The number of hydrogen-bond donors (Lipinski definition) is 1. The first kappa shape index (κ1) is 17.2. The van der Waals surface area contributed by atoms with Gasteiger partial charge in [0.1, 0.15) is 6.04 Å². The lowest BCUT2D eigenvalue weighted by Gasteiger charge is -2.36. The van der Waals surface area contributed by atoms with Crippen LogP contribution >= 0.6 is 0 Å². The molecule has 0 bridgehead atoms. The third-order valence-electron chi connectivity index (χ3n) is 4.61. The molecule has 1 unspecified atom stereocenters. The number of carbonyl (C=O) groups excluding carboxylic acids is 2. The first-order valence-corrected chi connectivity index (χ1v) is 8.57. The van der Waals surface area contributed by atoms with Gasteiger partial charge in [0.05, 0.1) is 6.10 Å². The quantitative estimate of drug-likeness (QED) is 0.704. The lowest BCUT2D eigenvalue weighted by molar-refractivity contribution is -0.145. The summed E-state index contributed by atoms with van der Waals surface area (Å²) in [5.74, 6) is 0.235. The highest BCUT2D eigenvalue weighted by atomic mass is 16.5. The molecule has 0 aromatic heterocycles. The van der Waals surface area contributed by atoms with Crippen molar-refractivity contribution in [1.29, 1.82) is 0 Å². The fraction of sp³-hybridized carbons (Fsp3) is 0.875. The number of amides is 2. The van der Waals surface area contributed by atoms with Crippen molar-refractivity contribution in [3.63, 3.8) is 0 Å². The number of rotatable bonds is 7. The van der Waals surface area contributed by atoms with Crippen LogP contribution in [0.4, 0.5) is 0 Å². The Balaban J connectivity index is 1.81. The monoisotopic (exact) mass is 311 g/mol. The van der Waals surface area contributed by atoms with Crippen LogP contribution in [0.5, 0.6) is 0 Å². The highest BCUT2D eigenvalue weighted by Gasteiger charge is 2.35. The van der Waals surface area contributed by atoms with Crippen LogP contribution in [0.3, 0.4) is 0 Å². The summed E-state index contributed by atoms with van der Waals surface area (Å²) >= 11 is 0. The Morgan fingerprint density at radius 1 is 1.36 bits per heavy atom. The Kier molecular flexibility index (Phi) is 6.64. The molecular weight excluding hydrogens is 282 g/mol. The van der Waals surface area contributed by atoms with E-state index in [9.17, 15) is 9.59 Å². The molecule has 2 saturated heterocycles. The number of ether oxygens (including phenoxy) is 1. The van der Waals surface area contributed by atoms with E-state index < -0.39 is 0 Å². The van der Waals surface area contributed by atoms with Crippen LogP contribution in [0.15, 0.2) is 0 Å². The third-order valence-corrected chi connectivity index (χ3v) is 4.61. The first-order chi connectivity index (χ1) is 10.7. The van der Waals surface area contributed by atoms with E-state index in [-0.39, 0.29) is 24.0 Å². The zero-order valence-corrected chi connectivity index (χ0v) is 13.6. The molecule has 0 spiro atoms. The van der Waals surface area contributed by atoms with Crippen LogP contribution in [-0.2, 0) is 14.3 Å². The Morgan fingerprint density at radius 2 is 2.09 bits per heavy atom. The zero-order valence-electron chi connectivity index (χ0n) is 13.6. The third kappa shape index (κ3) is 4.20. The molecule has 2 N–H and O–H groups in total. The van der Waals surface area contributed by atoms with Crippen molar-refractivity contribution in [2.75, 3.05) is 32.8 Å². The molecule has 2 rings (SSSR count). The van der Waals surface area contributed by atoms with Crippen molar-refractivity contribution < 1.29 is 14.3 Å². The van der Waals surface area contributed by atoms with E-state index in [1.165, 1.54) is 0 Å². The predicted octanol–water partition coefficient (Wildman–Crippen LogP) is 0.744. The van der Waals surface area contributed by atoms with Gasteiger partial charge in [-0.15, -0.1) is 0 Å². The molecule has 2 amide bonds. The van der Waals surface area contributed by atoms with E-state index in [2.05, 4.69) is 0 Å². The van der Waals surface area contributed by atoms with Crippen LogP contribution in [0.25, 0.3) is 0 Å². The van der Waals surface area contributed by atoms with Crippen molar-refractivity contribution in [3.8, 4) is 0 Å². The van der Waals surface area contributed by atoms with Gasteiger partial charge in [-0.3, -0.25) is 9.59 Å². The maximum Gasteiger partial charge on any atom is 0.245 e. The number of nitrogens with two attached hydrogens (primary N) is 1. The van der Waals surface area contributed by atoms with E-state index in [1.807, 2.05) is 11.8 Å². The van der Waals surface area contributed by atoms with Crippen LogP contribution < -0.4 is 5.73 Å². The highest BCUT2D eigenvalue weighted by molar-refractivity contribution is 5.88. The molecule has 6 nitrogen and oxygen atoms in total. The van der Waals surface area contributed by atoms with E-state index in [1.54, 1.807) is 4.90 Å². The topological polar surface area (TPSA) is 75.9 Å². The van der Waals surface area contributed by atoms with Crippen molar-refractivity contribution in [2.45, 2.75) is 57.6 Å². The lowest BCUT2D eigenvalue weighted by Crippen LogP contribution is -2.51. The molecule has 1 atom stereocenters. The second-order valence-electron chi connectivity index (χ2n) is 6.15. The number of likely N-dealkylation sites (tertiary alicyclic amines) is 2. The average Bonchev–Trinajstić information content (AvgIpc) is 2.95. The van der Waals surface area contributed by atoms with E-state index in [0.29, 0.717) is 26.0 Å². The van der Waals surface area contributed by atoms with Crippen molar-refractivity contribution in [2.24, 2.45) is 5.73 Å². The zero-order chi connectivity index (χ0) is 15.9. The Hall–Kier alpha value is -1.14. The fourth-order valence-corrected chi connectivity index (χ4v) is 3.31. The SMILES string of the molecule is CCC(C(=O)N1CCC(OCCCN)CC1)N1CCCC1=O. The van der Waals surface area contributed by atoms with Gasteiger partial charge in [0.25, 0.3) is 0 Å². The molecule has 6 heteroatoms. The maximum absolute atomic E-state index is 12.7. The summed E-state index contributed by atoms with van der Waals surface area (Å²) in [4.78, 5) is 28.3. The number of carbonyl (C=O) groups is 2. The summed E-state index contributed by atoms with van der Waals surface area (Å²) in [6.07, 6.45) is 5.03. The van der Waals surface area contributed by atoms with Crippen LogP contribution in [-0.4, -0.2) is 66.5 Å². The molecule has 0 radical (unpaired) electrons.